The van der Waals surface area contributed by atoms with Crippen LogP contribution in [0.5, 0.6) is 0 Å². The van der Waals surface area contributed by atoms with Crippen molar-refractivity contribution in [3.8, 4) is 11.1 Å². The number of hydrogen-bond acceptors (Lipinski definition) is 4. The molecule has 0 fully saturated rings. The Bertz CT molecular complexity index is 1850. The van der Waals surface area contributed by atoms with Crippen LogP contribution in [0.15, 0.2) is 95.0 Å². The molecule has 4 nitrogen and oxygen atoms in total. The van der Waals surface area contributed by atoms with Crippen molar-refractivity contribution in [2.45, 2.75) is 19.9 Å². The van der Waals surface area contributed by atoms with Gasteiger partial charge in [0.2, 0.25) is 0 Å². The second-order valence-electron chi connectivity index (χ2n) is 9.66. The van der Waals surface area contributed by atoms with Crippen molar-refractivity contribution < 1.29 is 14.7 Å². The van der Waals surface area contributed by atoms with Gasteiger partial charge in [0.05, 0.1) is 5.56 Å². The average molecular weight is 548 g/mol. The number of hydrogen-bond donors (Lipinski definition) is 2. The van der Waals surface area contributed by atoms with Gasteiger partial charge in [-0.25, -0.2) is 4.79 Å². The first-order valence-electron chi connectivity index (χ1n) is 12.6. The number of carbonyl (C=O) groups is 2. The summed E-state index contributed by atoms with van der Waals surface area (Å²) in [5.41, 5.74) is 7.08. The van der Waals surface area contributed by atoms with E-state index in [9.17, 15) is 14.7 Å². The second-order valence-corrected chi connectivity index (χ2v) is 11.3. The number of nitrogens with one attached hydrogen (secondary N) is 1. The maximum absolute atomic E-state index is 13.7. The van der Waals surface area contributed by atoms with Crippen LogP contribution in [0.4, 0.5) is 0 Å². The molecule has 1 amide bonds. The standard InChI is InChI=1S/C33H25NO3S2/c1-20-12-24(33(36)37)8-9-25(20)17-34-32(35)29-15-27(26-10-11-38-18-26)16-30-31(29)28(19-39-30)14-21-6-7-22-4-2-3-5-23(22)13-21/h2-13,15-16,18-19H,14,17H2,1H3,(H,34,35)(H,36,37). The van der Waals surface area contributed by atoms with E-state index in [1.165, 1.54) is 16.3 Å². The van der Waals surface area contributed by atoms with Crippen molar-refractivity contribution in [2.75, 3.05) is 0 Å². The van der Waals surface area contributed by atoms with Gasteiger partial charge in [-0.2, -0.15) is 11.3 Å². The van der Waals surface area contributed by atoms with Gasteiger partial charge in [0.15, 0.2) is 0 Å². The van der Waals surface area contributed by atoms with Gasteiger partial charge in [-0.05, 0) is 104 Å². The van der Waals surface area contributed by atoms with E-state index >= 15 is 0 Å². The van der Waals surface area contributed by atoms with Gasteiger partial charge in [-0.1, -0.05) is 48.5 Å². The maximum Gasteiger partial charge on any atom is 0.335 e. The highest BCUT2D eigenvalue weighted by atomic mass is 32.1. The fraction of sp³-hybridized carbons (Fsp3) is 0.0909. The summed E-state index contributed by atoms with van der Waals surface area (Å²) in [6.07, 6.45) is 0.735. The lowest BCUT2D eigenvalue weighted by atomic mass is 9.96. The number of carbonyl (C=O) groups excluding carboxylic acids is 1. The van der Waals surface area contributed by atoms with Crippen LogP contribution in [0.1, 0.15) is 43.0 Å². The predicted octanol–water partition coefficient (Wildman–Crippen LogP) is 8.31. The van der Waals surface area contributed by atoms with Gasteiger partial charge in [0.1, 0.15) is 0 Å². The van der Waals surface area contributed by atoms with Crippen molar-refractivity contribution in [3.05, 3.63) is 128 Å². The van der Waals surface area contributed by atoms with E-state index in [4.69, 9.17) is 0 Å². The van der Waals surface area contributed by atoms with Gasteiger partial charge in [-0.15, -0.1) is 11.3 Å². The van der Waals surface area contributed by atoms with Crippen LogP contribution in [0, 0.1) is 6.92 Å². The van der Waals surface area contributed by atoms with E-state index < -0.39 is 5.97 Å². The van der Waals surface area contributed by atoms with E-state index in [0.29, 0.717) is 12.1 Å². The Morgan fingerprint density at radius 2 is 1.69 bits per heavy atom. The molecule has 0 atom stereocenters. The molecule has 0 bridgehead atoms. The van der Waals surface area contributed by atoms with E-state index in [1.54, 1.807) is 40.9 Å². The van der Waals surface area contributed by atoms with Crippen LogP contribution in [0.3, 0.4) is 0 Å². The SMILES string of the molecule is Cc1cc(C(=O)O)ccc1CNC(=O)c1cc(-c2ccsc2)cc2scc(Cc3ccc4ccccc4c3)c12. The van der Waals surface area contributed by atoms with Gasteiger partial charge >= 0.3 is 5.97 Å². The molecule has 39 heavy (non-hydrogen) atoms. The van der Waals surface area contributed by atoms with Crippen molar-refractivity contribution in [1.29, 1.82) is 0 Å². The van der Waals surface area contributed by atoms with Crippen LogP contribution >= 0.6 is 22.7 Å². The first kappa shape index (κ1) is 25.0. The first-order valence-corrected chi connectivity index (χ1v) is 14.4. The number of aryl methyl sites for hydroxylation is 1. The van der Waals surface area contributed by atoms with E-state index in [1.807, 2.05) is 24.4 Å². The summed E-state index contributed by atoms with van der Waals surface area (Å²) >= 11 is 3.30. The molecule has 2 heterocycles. The molecule has 0 saturated heterocycles. The van der Waals surface area contributed by atoms with Crippen molar-refractivity contribution in [1.82, 2.24) is 5.32 Å². The number of carboxylic acid groups (broad SMARTS) is 1. The van der Waals surface area contributed by atoms with E-state index in [-0.39, 0.29) is 11.5 Å². The molecule has 0 spiro atoms. The molecule has 6 aromatic rings. The summed E-state index contributed by atoms with van der Waals surface area (Å²) < 4.78 is 1.08. The normalized spacial score (nSPS) is 11.2. The van der Waals surface area contributed by atoms with Crippen LogP contribution in [0.25, 0.3) is 32.0 Å². The summed E-state index contributed by atoms with van der Waals surface area (Å²) in [6.45, 7) is 2.18. The summed E-state index contributed by atoms with van der Waals surface area (Å²) in [6, 6.07) is 26.1. The van der Waals surface area contributed by atoms with Crippen LogP contribution < -0.4 is 5.32 Å². The van der Waals surface area contributed by atoms with Crippen molar-refractivity contribution >= 4 is 55.4 Å². The van der Waals surface area contributed by atoms with Crippen molar-refractivity contribution in [3.63, 3.8) is 0 Å². The lowest BCUT2D eigenvalue weighted by molar-refractivity contribution is 0.0696. The van der Waals surface area contributed by atoms with E-state index in [0.717, 1.165) is 44.3 Å². The molecule has 0 aliphatic carbocycles. The zero-order chi connectivity index (χ0) is 26.9. The van der Waals surface area contributed by atoms with Gasteiger partial charge in [-0.3, -0.25) is 4.79 Å². The molecule has 4 aromatic carbocycles. The third-order valence-electron chi connectivity index (χ3n) is 7.09. The Morgan fingerprint density at radius 1 is 0.846 bits per heavy atom. The number of thiophene rings is 2. The number of carboxylic acids is 1. The highest BCUT2D eigenvalue weighted by molar-refractivity contribution is 7.17. The van der Waals surface area contributed by atoms with Gasteiger partial charge in [0, 0.05) is 22.2 Å². The number of aromatic carboxylic acids is 1. The third-order valence-corrected chi connectivity index (χ3v) is 8.75. The largest absolute Gasteiger partial charge is 0.478 e. The summed E-state index contributed by atoms with van der Waals surface area (Å²) in [5.74, 6) is -1.10. The lowest BCUT2D eigenvalue weighted by Crippen LogP contribution is -2.23. The Labute approximate surface area is 234 Å². The zero-order valence-electron chi connectivity index (χ0n) is 21.2. The Hall–Kier alpha value is -4.26. The molecule has 0 unspecified atom stereocenters. The molecule has 0 aliphatic heterocycles. The van der Waals surface area contributed by atoms with Crippen molar-refractivity contribution in [2.24, 2.45) is 0 Å². The highest BCUT2D eigenvalue weighted by Crippen LogP contribution is 2.36. The van der Waals surface area contributed by atoms with E-state index in [2.05, 4.69) is 64.6 Å². The molecule has 0 saturated carbocycles. The predicted molar refractivity (Wildman–Crippen MR) is 161 cm³/mol. The molecule has 0 aliphatic rings. The Kier molecular flexibility index (Phi) is 6.73. The number of benzene rings is 4. The second kappa shape index (κ2) is 10.5. The summed E-state index contributed by atoms with van der Waals surface area (Å²) in [5, 5.41) is 22.1. The Morgan fingerprint density at radius 3 is 2.46 bits per heavy atom. The number of amides is 1. The highest BCUT2D eigenvalue weighted by Gasteiger charge is 2.18. The Balaban J connectivity index is 1.36. The fourth-order valence-corrected chi connectivity index (χ4v) is 6.69. The zero-order valence-corrected chi connectivity index (χ0v) is 22.9. The molecule has 2 N–H and O–H groups in total. The minimum atomic E-state index is -0.960. The molecule has 6 heteroatoms. The average Bonchev–Trinajstić information content (AvgIpc) is 3.62. The lowest BCUT2D eigenvalue weighted by Gasteiger charge is -2.12. The number of rotatable bonds is 7. The van der Waals surface area contributed by atoms with Gasteiger partial charge < -0.3 is 10.4 Å². The molecule has 6 rings (SSSR count). The fourth-order valence-electron chi connectivity index (χ4n) is 5.00. The quantitative estimate of drug-likeness (QED) is 0.211. The smallest absolute Gasteiger partial charge is 0.335 e. The maximum atomic E-state index is 13.7. The van der Waals surface area contributed by atoms with Crippen LogP contribution in [0.2, 0.25) is 0 Å². The molecular weight excluding hydrogens is 523 g/mol. The topological polar surface area (TPSA) is 66.4 Å². The molecule has 192 valence electrons. The number of fused-ring (bicyclic) bond motifs is 2. The summed E-state index contributed by atoms with van der Waals surface area (Å²) in [4.78, 5) is 25.0. The van der Waals surface area contributed by atoms with Crippen LogP contribution in [-0.4, -0.2) is 17.0 Å². The molecule has 2 aromatic heterocycles. The first-order chi connectivity index (χ1) is 19.0. The molecular formula is C33H25NO3S2. The monoisotopic (exact) mass is 547 g/mol. The van der Waals surface area contributed by atoms with Gasteiger partial charge in [0.25, 0.3) is 5.91 Å². The summed E-state index contributed by atoms with van der Waals surface area (Å²) in [7, 11) is 0. The minimum Gasteiger partial charge on any atom is -0.478 e. The molecule has 0 radical (unpaired) electrons. The van der Waals surface area contributed by atoms with Crippen LogP contribution in [-0.2, 0) is 13.0 Å². The minimum absolute atomic E-state index is 0.142. The third kappa shape index (κ3) is 5.09.